The highest BCUT2D eigenvalue weighted by molar-refractivity contribution is 5.76. The average Bonchev–Trinajstić information content (AvgIpc) is 2.86. The molecule has 7 nitrogen and oxygen atoms in total. The van der Waals surface area contributed by atoms with Crippen molar-refractivity contribution in [1.82, 2.24) is 10.0 Å². The summed E-state index contributed by atoms with van der Waals surface area (Å²) in [6, 6.07) is 9.77. The highest BCUT2D eigenvalue weighted by Gasteiger charge is 2.44. The maximum absolute atomic E-state index is 12.7. The van der Waals surface area contributed by atoms with Gasteiger partial charge in [-0.25, -0.2) is 19.6 Å². The van der Waals surface area contributed by atoms with E-state index in [-0.39, 0.29) is 13.2 Å². The number of benzene rings is 1. The Bertz CT molecular complexity index is 649. The predicted molar refractivity (Wildman–Crippen MR) is 101 cm³/mol. The van der Waals surface area contributed by atoms with E-state index in [9.17, 15) is 9.59 Å². The zero-order valence-electron chi connectivity index (χ0n) is 17.0. The molecule has 1 aromatic rings. The molecule has 0 N–H and O–H groups in total. The largest absolute Gasteiger partial charge is 0.442 e. The summed E-state index contributed by atoms with van der Waals surface area (Å²) in [5.41, 5.74) is -0.271. The van der Waals surface area contributed by atoms with Crippen molar-refractivity contribution in [2.45, 2.75) is 65.4 Å². The predicted octanol–water partition coefficient (Wildman–Crippen LogP) is 3.97. The standard InChI is InChI=1S/C20H30N2O5/c1-19(2,3)22(18(24)27-20(4,5)6)21-12-16(26-17(21)23)14-25-13-15-10-8-7-9-11-15/h7-11,16H,12-14H2,1-6H3/t16-/m1/s1. The van der Waals surface area contributed by atoms with Gasteiger partial charge in [0.2, 0.25) is 0 Å². The fraction of sp³-hybridized carbons (Fsp3) is 0.600. The number of nitrogens with zero attached hydrogens (tertiary/aromatic N) is 2. The van der Waals surface area contributed by atoms with Crippen molar-refractivity contribution >= 4 is 12.2 Å². The van der Waals surface area contributed by atoms with Crippen LogP contribution < -0.4 is 0 Å². The minimum atomic E-state index is -0.664. The molecule has 0 aromatic heterocycles. The third kappa shape index (κ3) is 6.13. The lowest BCUT2D eigenvalue weighted by Crippen LogP contribution is -2.57. The first kappa shape index (κ1) is 21.0. The van der Waals surface area contributed by atoms with Crippen molar-refractivity contribution in [1.29, 1.82) is 0 Å². The molecule has 0 aliphatic carbocycles. The van der Waals surface area contributed by atoms with Crippen LogP contribution in [0.3, 0.4) is 0 Å². The molecule has 7 heteroatoms. The molecule has 1 aromatic carbocycles. The van der Waals surface area contributed by atoms with Crippen LogP contribution in [0, 0.1) is 0 Å². The lowest BCUT2D eigenvalue weighted by molar-refractivity contribution is -0.0650. The summed E-state index contributed by atoms with van der Waals surface area (Å²) in [7, 11) is 0. The van der Waals surface area contributed by atoms with Crippen LogP contribution in [0.1, 0.15) is 47.1 Å². The Morgan fingerprint density at radius 1 is 1.19 bits per heavy atom. The van der Waals surface area contributed by atoms with Crippen molar-refractivity contribution in [3.05, 3.63) is 35.9 Å². The molecule has 1 saturated heterocycles. The Morgan fingerprint density at radius 2 is 1.81 bits per heavy atom. The minimum Gasteiger partial charge on any atom is -0.442 e. The summed E-state index contributed by atoms with van der Waals surface area (Å²) < 4.78 is 16.5. The van der Waals surface area contributed by atoms with Crippen LogP contribution in [0.5, 0.6) is 0 Å². The van der Waals surface area contributed by atoms with Crippen molar-refractivity contribution in [3.8, 4) is 0 Å². The molecule has 150 valence electrons. The minimum absolute atomic E-state index is 0.226. The molecule has 2 rings (SSSR count). The van der Waals surface area contributed by atoms with Gasteiger partial charge in [-0.1, -0.05) is 30.3 Å². The van der Waals surface area contributed by atoms with Crippen LogP contribution in [0.15, 0.2) is 30.3 Å². The van der Waals surface area contributed by atoms with Crippen molar-refractivity contribution in [2.75, 3.05) is 13.2 Å². The molecule has 1 heterocycles. The van der Waals surface area contributed by atoms with Gasteiger partial charge in [-0.15, -0.1) is 0 Å². The number of carbonyl (C=O) groups excluding carboxylic acids is 2. The second-order valence-corrected chi connectivity index (χ2v) is 8.55. The molecule has 1 aliphatic rings. The van der Waals surface area contributed by atoms with E-state index in [1.807, 2.05) is 51.1 Å². The maximum Gasteiger partial charge on any atom is 0.429 e. The zero-order valence-corrected chi connectivity index (χ0v) is 17.0. The van der Waals surface area contributed by atoms with E-state index in [1.165, 1.54) is 10.0 Å². The lowest BCUT2D eigenvalue weighted by atomic mass is 10.1. The monoisotopic (exact) mass is 378 g/mol. The highest BCUT2D eigenvalue weighted by Crippen LogP contribution is 2.25. The molecule has 1 aliphatic heterocycles. The van der Waals surface area contributed by atoms with Crippen molar-refractivity contribution < 1.29 is 23.8 Å². The number of carbonyl (C=O) groups is 2. The van der Waals surface area contributed by atoms with Crippen LogP contribution in [0.2, 0.25) is 0 Å². The Morgan fingerprint density at radius 3 is 2.37 bits per heavy atom. The second kappa shape index (κ2) is 8.17. The number of hydrogen-bond donors (Lipinski definition) is 0. The van der Waals surface area contributed by atoms with Crippen LogP contribution in [-0.4, -0.2) is 52.6 Å². The fourth-order valence-electron chi connectivity index (χ4n) is 2.68. The van der Waals surface area contributed by atoms with E-state index in [0.29, 0.717) is 6.61 Å². The number of rotatable bonds is 5. The van der Waals surface area contributed by atoms with Crippen molar-refractivity contribution in [3.63, 3.8) is 0 Å². The third-order valence-corrected chi connectivity index (χ3v) is 3.71. The smallest absolute Gasteiger partial charge is 0.429 e. The van der Waals surface area contributed by atoms with Gasteiger partial charge >= 0.3 is 12.2 Å². The highest BCUT2D eigenvalue weighted by atomic mass is 16.6. The van der Waals surface area contributed by atoms with Gasteiger partial charge in [0, 0.05) is 0 Å². The number of cyclic esters (lactones) is 1. The summed E-state index contributed by atoms with van der Waals surface area (Å²) in [4.78, 5) is 25.0. The average molecular weight is 378 g/mol. The Labute approximate surface area is 161 Å². The van der Waals surface area contributed by atoms with Gasteiger partial charge in [-0.2, -0.15) is 0 Å². The van der Waals surface area contributed by atoms with Crippen LogP contribution >= 0.6 is 0 Å². The van der Waals surface area contributed by atoms with E-state index in [1.54, 1.807) is 20.8 Å². The summed E-state index contributed by atoms with van der Waals surface area (Å²) in [6.45, 7) is 11.8. The maximum atomic E-state index is 12.7. The normalized spacial score (nSPS) is 17.6. The quantitative estimate of drug-likeness (QED) is 0.775. The first-order valence-electron chi connectivity index (χ1n) is 9.10. The summed E-state index contributed by atoms with van der Waals surface area (Å²) in [6.07, 6.45) is -1.62. The number of ether oxygens (including phenoxy) is 3. The first-order valence-corrected chi connectivity index (χ1v) is 9.10. The van der Waals surface area contributed by atoms with Gasteiger partial charge in [0.1, 0.15) is 11.7 Å². The SMILES string of the molecule is CC(C)(C)OC(=O)N(N1C[C@H](COCc2ccccc2)OC1=O)C(C)(C)C. The van der Waals surface area contributed by atoms with E-state index in [2.05, 4.69) is 0 Å². The molecular formula is C20H30N2O5. The van der Waals surface area contributed by atoms with Gasteiger partial charge in [-0.3, -0.25) is 0 Å². The molecule has 1 atom stereocenters. The Balaban J connectivity index is 1.99. The molecule has 1 fully saturated rings. The number of hydrazine groups is 1. The molecular weight excluding hydrogens is 348 g/mol. The lowest BCUT2D eigenvalue weighted by Gasteiger charge is -2.40. The molecule has 0 unspecified atom stereocenters. The second-order valence-electron chi connectivity index (χ2n) is 8.55. The first-order chi connectivity index (χ1) is 12.5. The molecule has 27 heavy (non-hydrogen) atoms. The fourth-order valence-corrected chi connectivity index (χ4v) is 2.68. The molecule has 0 radical (unpaired) electrons. The van der Waals surface area contributed by atoms with E-state index in [0.717, 1.165) is 5.56 Å². The van der Waals surface area contributed by atoms with Crippen LogP contribution in [-0.2, 0) is 20.8 Å². The van der Waals surface area contributed by atoms with E-state index >= 15 is 0 Å². The van der Waals surface area contributed by atoms with Gasteiger partial charge in [0.05, 0.1) is 25.3 Å². The van der Waals surface area contributed by atoms with Crippen molar-refractivity contribution in [2.24, 2.45) is 0 Å². The van der Waals surface area contributed by atoms with Gasteiger partial charge in [-0.05, 0) is 47.1 Å². The van der Waals surface area contributed by atoms with Gasteiger partial charge in [0.25, 0.3) is 0 Å². The number of amides is 2. The topological polar surface area (TPSA) is 68.3 Å². The Hall–Kier alpha value is -2.28. The molecule has 0 saturated carbocycles. The Kier molecular flexibility index (Phi) is 6.36. The molecule has 2 amide bonds. The van der Waals surface area contributed by atoms with Crippen LogP contribution in [0.25, 0.3) is 0 Å². The van der Waals surface area contributed by atoms with Gasteiger partial charge < -0.3 is 14.2 Å². The summed E-state index contributed by atoms with van der Waals surface area (Å²) >= 11 is 0. The van der Waals surface area contributed by atoms with Crippen LogP contribution in [0.4, 0.5) is 9.59 Å². The van der Waals surface area contributed by atoms with E-state index < -0.39 is 29.4 Å². The molecule has 0 spiro atoms. The third-order valence-electron chi connectivity index (χ3n) is 3.71. The summed E-state index contributed by atoms with van der Waals surface area (Å²) in [5, 5.41) is 2.61. The van der Waals surface area contributed by atoms with Gasteiger partial charge in [0.15, 0.2) is 0 Å². The van der Waals surface area contributed by atoms with E-state index in [4.69, 9.17) is 14.2 Å². The molecule has 0 bridgehead atoms. The summed E-state index contributed by atoms with van der Waals surface area (Å²) in [5.74, 6) is 0. The zero-order chi connectivity index (χ0) is 20.2. The number of hydrogen-bond acceptors (Lipinski definition) is 5.